The van der Waals surface area contributed by atoms with Gasteiger partial charge in [-0.25, -0.2) is 4.39 Å². The van der Waals surface area contributed by atoms with Crippen LogP contribution in [0.15, 0.2) is 48.7 Å². The van der Waals surface area contributed by atoms with E-state index in [1.54, 1.807) is 18.3 Å². The second-order valence-electron chi connectivity index (χ2n) is 5.36. The van der Waals surface area contributed by atoms with E-state index < -0.39 is 6.04 Å². The molecule has 1 aromatic carbocycles. The number of hydrogen-bond donors (Lipinski definition) is 1. The maximum Gasteiger partial charge on any atom is 0.242 e. The van der Waals surface area contributed by atoms with E-state index in [-0.39, 0.29) is 11.7 Å². The molecule has 2 heterocycles. The molecule has 1 saturated heterocycles. The molecule has 0 radical (unpaired) electrons. The van der Waals surface area contributed by atoms with Gasteiger partial charge in [-0.15, -0.1) is 0 Å². The van der Waals surface area contributed by atoms with Crippen molar-refractivity contribution in [3.05, 3.63) is 65.7 Å². The molecule has 1 amide bonds. The molecular weight excluding hydrogens is 281 g/mol. The van der Waals surface area contributed by atoms with E-state index in [1.807, 2.05) is 18.2 Å². The van der Waals surface area contributed by atoms with Crippen molar-refractivity contribution >= 4 is 5.91 Å². The van der Waals surface area contributed by atoms with Crippen molar-refractivity contribution in [3.63, 3.8) is 0 Å². The molecule has 1 atom stereocenters. The lowest BCUT2D eigenvalue weighted by Gasteiger charge is -2.35. The molecule has 1 aromatic heterocycles. The number of amides is 1. The zero-order valence-electron chi connectivity index (χ0n) is 12.2. The van der Waals surface area contributed by atoms with Crippen LogP contribution in [0.2, 0.25) is 0 Å². The number of benzene rings is 1. The molecule has 1 unspecified atom stereocenters. The smallest absolute Gasteiger partial charge is 0.242 e. The first-order chi connectivity index (χ1) is 10.7. The molecule has 1 N–H and O–H groups in total. The molecule has 2 aromatic rings. The molecule has 0 aliphatic carbocycles. The summed E-state index contributed by atoms with van der Waals surface area (Å²) in [6.45, 7) is 2.08. The van der Waals surface area contributed by atoms with E-state index in [4.69, 9.17) is 0 Å². The van der Waals surface area contributed by atoms with Gasteiger partial charge in [-0.1, -0.05) is 18.2 Å². The first-order valence-electron chi connectivity index (χ1n) is 7.41. The molecule has 1 fully saturated rings. The van der Waals surface area contributed by atoms with Crippen molar-refractivity contribution < 1.29 is 9.18 Å². The summed E-state index contributed by atoms with van der Waals surface area (Å²) in [5.74, 6) is -0.390. The molecule has 0 bridgehead atoms. The highest BCUT2D eigenvalue weighted by molar-refractivity contribution is 5.83. The molecule has 0 saturated carbocycles. The minimum Gasteiger partial charge on any atom is -0.353 e. The zero-order chi connectivity index (χ0) is 15.4. The van der Waals surface area contributed by atoms with Gasteiger partial charge in [0.1, 0.15) is 11.9 Å². The Kier molecular flexibility index (Phi) is 4.44. The molecule has 3 rings (SSSR count). The van der Waals surface area contributed by atoms with Crippen LogP contribution in [-0.2, 0) is 11.2 Å². The summed E-state index contributed by atoms with van der Waals surface area (Å²) in [7, 11) is 0. The van der Waals surface area contributed by atoms with Crippen LogP contribution in [0.4, 0.5) is 4.39 Å². The van der Waals surface area contributed by atoms with Gasteiger partial charge in [0, 0.05) is 37.9 Å². The minimum absolute atomic E-state index is 0.0714. The Bertz CT molecular complexity index is 647. The Morgan fingerprint density at radius 1 is 1.27 bits per heavy atom. The van der Waals surface area contributed by atoms with Crippen LogP contribution in [0.3, 0.4) is 0 Å². The molecule has 22 heavy (non-hydrogen) atoms. The van der Waals surface area contributed by atoms with E-state index in [9.17, 15) is 9.18 Å². The number of halogens is 1. The van der Waals surface area contributed by atoms with Gasteiger partial charge < -0.3 is 5.32 Å². The summed E-state index contributed by atoms with van der Waals surface area (Å²) in [5, 5.41) is 2.86. The summed E-state index contributed by atoms with van der Waals surface area (Å²) in [6.07, 6.45) is 2.53. The average Bonchev–Trinajstić information content (AvgIpc) is 2.54. The lowest BCUT2D eigenvalue weighted by molar-refractivity contribution is -0.129. The normalized spacial score (nSPS) is 19.0. The van der Waals surface area contributed by atoms with Crippen molar-refractivity contribution in [2.45, 2.75) is 12.5 Å². The SMILES string of the molecule is O=C1NCCN(CCc2ccccn2)C1c1cccc(F)c1. The Labute approximate surface area is 129 Å². The number of piperazine rings is 1. The van der Waals surface area contributed by atoms with E-state index in [1.165, 1.54) is 12.1 Å². The summed E-state index contributed by atoms with van der Waals surface area (Å²) in [5.41, 5.74) is 1.68. The lowest BCUT2D eigenvalue weighted by atomic mass is 10.0. The van der Waals surface area contributed by atoms with Crippen LogP contribution in [0.25, 0.3) is 0 Å². The van der Waals surface area contributed by atoms with Gasteiger partial charge >= 0.3 is 0 Å². The predicted octanol–water partition coefficient (Wildman–Crippen LogP) is 1.94. The molecular formula is C17H18FN3O. The molecule has 1 aliphatic rings. The molecule has 0 spiro atoms. The first-order valence-corrected chi connectivity index (χ1v) is 7.41. The first kappa shape index (κ1) is 14.7. The standard InChI is InChI=1S/C17H18FN3O/c18-14-5-3-4-13(12-14)16-17(22)20-9-11-21(16)10-7-15-6-1-2-8-19-15/h1-6,8,12,16H,7,9-11H2,(H,20,22). The number of aromatic nitrogens is 1. The van der Waals surface area contributed by atoms with Crippen molar-refractivity contribution in [1.82, 2.24) is 15.2 Å². The maximum absolute atomic E-state index is 13.5. The van der Waals surface area contributed by atoms with Gasteiger partial charge in [0.05, 0.1) is 0 Å². The van der Waals surface area contributed by atoms with Crippen molar-refractivity contribution in [3.8, 4) is 0 Å². The second kappa shape index (κ2) is 6.66. The molecule has 5 heteroatoms. The number of carbonyl (C=O) groups is 1. The number of hydrogen-bond acceptors (Lipinski definition) is 3. The monoisotopic (exact) mass is 299 g/mol. The van der Waals surface area contributed by atoms with Crippen molar-refractivity contribution in [1.29, 1.82) is 0 Å². The average molecular weight is 299 g/mol. The molecule has 114 valence electrons. The third kappa shape index (κ3) is 3.31. The van der Waals surface area contributed by atoms with Crippen molar-refractivity contribution in [2.75, 3.05) is 19.6 Å². The van der Waals surface area contributed by atoms with Crippen LogP contribution in [0.5, 0.6) is 0 Å². The third-order valence-electron chi connectivity index (χ3n) is 3.86. The second-order valence-corrected chi connectivity index (χ2v) is 5.36. The Morgan fingerprint density at radius 2 is 2.18 bits per heavy atom. The van der Waals surface area contributed by atoms with Crippen LogP contribution in [0.1, 0.15) is 17.3 Å². The highest BCUT2D eigenvalue weighted by Gasteiger charge is 2.30. The fraction of sp³-hybridized carbons (Fsp3) is 0.294. The number of nitrogens with zero attached hydrogens (tertiary/aromatic N) is 2. The van der Waals surface area contributed by atoms with E-state index in [2.05, 4.69) is 15.2 Å². The van der Waals surface area contributed by atoms with Crippen LogP contribution < -0.4 is 5.32 Å². The summed E-state index contributed by atoms with van der Waals surface area (Å²) in [4.78, 5) is 18.6. The van der Waals surface area contributed by atoms with Gasteiger partial charge in [-0.05, 0) is 29.8 Å². The predicted molar refractivity (Wildman–Crippen MR) is 81.7 cm³/mol. The third-order valence-corrected chi connectivity index (χ3v) is 3.86. The quantitative estimate of drug-likeness (QED) is 0.938. The van der Waals surface area contributed by atoms with E-state index in [0.717, 1.165) is 18.7 Å². The number of pyridine rings is 1. The Balaban J connectivity index is 1.77. The summed E-state index contributed by atoms with van der Waals surface area (Å²) in [6, 6.07) is 11.6. The topological polar surface area (TPSA) is 45.2 Å². The highest BCUT2D eigenvalue weighted by Crippen LogP contribution is 2.24. The zero-order valence-corrected chi connectivity index (χ0v) is 12.2. The summed E-state index contributed by atoms with van der Waals surface area (Å²) >= 11 is 0. The molecule has 1 aliphatic heterocycles. The number of carbonyl (C=O) groups excluding carboxylic acids is 1. The fourth-order valence-electron chi connectivity index (χ4n) is 2.80. The van der Waals surface area contributed by atoms with Crippen LogP contribution >= 0.6 is 0 Å². The summed E-state index contributed by atoms with van der Waals surface area (Å²) < 4.78 is 13.5. The maximum atomic E-state index is 13.5. The highest BCUT2D eigenvalue weighted by atomic mass is 19.1. The fourth-order valence-corrected chi connectivity index (χ4v) is 2.80. The Morgan fingerprint density at radius 3 is 2.95 bits per heavy atom. The minimum atomic E-state index is -0.437. The molecule has 4 nitrogen and oxygen atoms in total. The van der Waals surface area contributed by atoms with Gasteiger partial charge in [0.15, 0.2) is 0 Å². The van der Waals surface area contributed by atoms with E-state index in [0.29, 0.717) is 18.7 Å². The number of nitrogens with one attached hydrogen (secondary N) is 1. The largest absolute Gasteiger partial charge is 0.353 e. The van der Waals surface area contributed by atoms with Gasteiger partial charge in [0.2, 0.25) is 5.91 Å². The van der Waals surface area contributed by atoms with Crippen LogP contribution in [0, 0.1) is 5.82 Å². The van der Waals surface area contributed by atoms with Gasteiger partial charge in [-0.3, -0.25) is 14.7 Å². The van der Waals surface area contributed by atoms with Crippen molar-refractivity contribution in [2.24, 2.45) is 0 Å². The van der Waals surface area contributed by atoms with Gasteiger partial charge in [-0.2, -0.15) is 0 Å². The van der Waals surface area contributed by atoms with E-state index >= 15 is 0 Å². The number of rotatable bonds is 4. The van der Waals surface area contributed by atoms with Gasteiger partial charge in [0.25, 0.3) is 0 Å². The van der Waals surface area contributed by atoms with Crippen LogP contribution in [-0.4, -0.2) is 35.4 Å². The lowest BCUT2D eigenvalue weighted by Crippen LogP contribution is -2.50. The Hall–Kier alpha value is -2.27.